The molecule has 3 rings (SSSR count). The van der Waals surface area contributed by atoms with Gasteiger partial charge in [-0.15, -0.1) is 0 Å². The first-order chi connectivity index (χ1) is 13.5. The molecule has 150 valence electrons. The Bertz CT molecular complexity index is 1020. The zero-order valence-electron chi connectivity index (χ0n) is 18.2. The van der Waals surface area contributed by atoms with Gasteiger partial charge in [0.15, 0.2) is 0 Å². The van der Waals surface area contributed by atoms with Crippen molar-refractivity contribution in [2.75, 3.05) is 0 Å². The van der Waals surface area contributed by atoms with Crippen molar-refractivity contribution in [3.8, 4) is 0 Å². The number of nitrogens with two attached hydrogens (primary N) is 1. The summed E-state index contributed by atoms with van der Waals surface area (Å²) in [5, 5.41) is 0. The molecule has 0 bridgehead atoms. The number of nitrogens with zero attached hydrogens (tertiary/aromatic N) is 2. The summed E-state index contributed by atoms with van der Waals surface area (Å²) in [4.78, 5) is 8.65. The number of rotatable bonds is 5. The van der Waals surface area contributed by atoms with Crippen LogP contribution in [-0.2, 0) is 17.3 Å². The monoisotopic (exact) mass is 385 g/mol. The molecule has 0 amide bonds. The Kier molecular flexibility index (Phi) is 5.36. The molecule has 0 spiro atoms. The Balaban J connectivity index is 1.97. The SMILES string of the molecule is C=CN=C(N)Cc1ccc(C(=C)c2cc3c(cc2C)C(C)(C)C=CC3(C)C)nc1. The highest BCUT2D eigenvalue weighted by atomic mass is 14.8. The number of fused-ring (bicyclic) bond motifs is 1. The van der Waals surface area contributed by atoms with Crippen LogP contribution in [0.1, 0.15) is 61.2 Å². The minimum atomic E-state index is -0.00706. The van der Waals surface area contributed by atoms with Crippen molar-refractivity contribution in [2.24, 2.45) is 10.7 Å². The van der Waals surface area contributed by atoms with Crippen LogP contribution in [0.5, 0.6) is 0 Å². The van der Waals surface area contributed by atoms with E-state index in [1.54, 1.807) is 0 Å². The van der Waals surface area contributed by atoms with Crippen molar-refractivity contribution in [3.05, 3.63) is 95.5 Å². The van der Waals surface area contributed by atoms with E-state index in [2.05, 4.69) is 82.0 Å². The number of hydrogen-bond acceptors (Lipinski definition) is 2. The van der Waals surface area contributed by atoms with Gasteiger partial charge in [-0.25, -0.2) is 4.99 Å². The van der Waals surface area contributed by atoms with E-state index in [-0.39, 0.29) is 10.8 Å². The molecule has 1 heterocycles. The van der Waals surface area contributed by atoms with Crippen LogP contribution in [-0.4, -0.2) is 10.8 Å². The lowest BCUT2D eigenvalue weighted by Crippen LogP contribution is -2.29. The first-order valence-electron chi connectivity index (χ1n) is 9.99. The Morgan fingerprint density at radius 1 is 1.10 bits per heavy atom. The van der Waals surface area contributed by atoms with E-state index in [0.717, 1.165) is 22.4 Å². The maximum absolute atomic E-state index is 5.86. The van der Waals surface area contributed by atoms with Crippen LogP contribution in [0.3, 0.4) is 0 Å². The molecule has 0 fully saturated rings. The molecule has 2 aromatic rings. The van der Waals surface area contributed by atoms with Gasteiger partial charge in [-0.05, 0) is 46.9 Å². The van der Waals surface area contributed by atoms with Gasteiger partial charge in [0.05, 0.1) is 5.69 Å². The van der Waals surface area contributed by atoms with Crippen LogP contribution in [0.25, 0.3) is 5.57 Å². The maximum Gasteiger partial charge on any atom is 0.103 e. The lowest BCUT2D eigenvalue weighted by Gasteiger charge is -2.37. The zero-order valence-corrected chi connectivity index (χ0v) is 18.2. The summed E-state index contributed by atoms with van der Waals surface area (Å²) in [7, 11) is 0. The molecular formula is C26H31N3. The highest BCUT2D eigenvalue weighted by Gasteiger charge is 2.33. The van der Waals surface area contributed by atoms with Crippen molar-refractivity contribution in [1.82, 2.24) is 4.98 Å². The van der Waals surface area contributed by atoms with Gasteiger partial charge in [0.2, 0.25) is 0 Å². The fourth-order valence-corrected chi connectivity index (χ4v) is 3.91. The summed E-state index contributed by atoms with van der Waals surface area (Å²) in [6.45, 7) is 19.2. The van der Waals surface area contributed by atoms with Crippen LogP contribution in [0.4, 0.5) is 0 Å². The minimum absolute atomic E-state index is 0.00706. The zero-order chi connectivity index (χ0) is 21.4. The number of aliphatic imine (C=N–C) groups is 1. The Morgan fingerprint density at radius 2 is 1.72 bits per heavy atom. The lowest BCUT2D eigenvalue weighted by molar-refractivity contribution is 0.562. The van der Waals surface area contributed by atoms with E-state index < -0.39 is 0 Å². The molecule has 3 heteroatoms. The topological polar surface area (TPSA) is 51.3 Å². The summed E-state index contributed by atoms with van der Waals surface area (Å²) in [5.74, 6) is 0.525. The van der Waals surface area contributed by atoms with Gasteiger partial charge in [0, 0.05) is 35.2 Å². The van der Waals surface area contributed by atoms with E-state index in [1.165, 1.54) is 22.9 Å². The molecule has 0 unspecified atom stereocenters. The molecule has 1 aliphatic carbocycles. The third-order valence-electron chi connectivity index (χ3n) is 5.77. The Labute approximate surface area is 174 Å². The molecule has 2 N–H and O–H groups in total. The predicted molar refractivity (Wildman–Crippen MR) is 124 cm³/mol. The third kappa shape index (κ3) is 4.09. The van der Waals surface area contributed by atoms with Crippen molar-refractivity contribution in [3.63, 3.8) is 0 Å². The second-order valence-corrected chi connectivity index (χ2v) is 9.00. The number of benzene rings is 1. The molecule has 0 saturated heterocycles. The third-order valence-corrected chi connectivity index (χ3v) is 5.77. The number of allylic oxidation sites excluding steroid dienone is 2. The maximum atomic E-state index is 5.86. The molecular weight excluding hydrogens is 354 g/mol. The Morgan fingerprint density at radius 3 is 2.28 bits per heavy atom. The van der Waals surface area contributed by atoms with Crippen LogP contribution < -0.4 is 5.73 Å². The highest BCUT2D eigenvalue weighted by Crippen LogP contribution is 2.43. The van der Waals surface area contributed by atoms with Crippen molar-refractivity contribution < 1.29 is 0 Å². The first-order valence-corrected chi connectivity index (χ1v) is 9.99. The molecule has 29 heavy (non-hydrogen) atoms. The second-order valence-electron chi connectivity index (χ2n) is 9.00. The average molecular weight is 386 g/mol. The van der Waals surface area contributed by atoms with Crippen molar-refractivity contribution in [1.29, 1.82) is 0 Å². The second kappa shape index (κ2) is 7.47. The predicted octanol–water partition coefficient (Wildman–Crippen LogP) is 5.62. The molecule has 3 nitrogen and oxygen atoms in total. The minimum Gasteiger partial charge on any atom is -0.387 e. The van der Waals surface area contributed by atoms with E-state index in [9.17, 15) is 0 Å². The van der Waals surface area contributed by atoms with Crippen LogP contribution in [0.2, 0.25) is 0 Å². The summed E-state index contributed by atoms with van der Waals surface area (Å²) >= 11 is 0. The Hall–Kier alpha value is -2.94. The van der Waals surface area contributed by atoms with E-state index in [1.807, 2.05) is 18.3 Å². The highest BCUT2D eigenvalue weighted by molar-refractivity contribution is 5.83. The lowest BCUT2D eigenvalue weighted by atomic mass is 9.67. The van der Waals surface area contributed by atoms with Gasteiger partial charge in [-0.3, -0.25) is 4.98 Å². The van der Waals surface area contributed by atoms with Crippen LogP contribution in [0.15, 0.2) is 67.0 Å². The smallest absolute Gasteiger partial charge is 0.103 e. The van der Waals surface area contributed by atoms with Gasteiger partial charge in [-0.1, -0.05) is 65.1 Å². The van der Waals surface area contributed by atoms with Gasteiger partial charge >= 0.3 is 0 Å². The van der Waals surface area contributed by atoms with E-state index in [4.69, 9.17) is 5.73 Å². The normalized spacial score (nSPS) is 16.9. The quantitative estimate of drug-likeness (QED) is 0.412. The van der Waals surface area contributed by atoms with Crippen LogP contribution >= 0.6 is 0 Å². The molecule has 0 saturated carbocycles. The molecule has 1 aromatic heterocycles. The first kappa shape index (κ1) is 20.8. The number of amidine groups is 1. The van der Waals surface area contributed by atoms with Gasteiger partial charge < -0.3 is 5.73 Å². The largest absolute Gasteiger partial charge is 0.387 e. The molecule has 1 aliphatic rings. The summed E-state index contributed by atoms with van der Waals surface area (Å²) in [6, 6.07) is 8.67. The van der Waals surface area contributed by atoms with Crippen molar-refractivity contribution >= 4 is 11.4 Å². The number of hydrogen-bond donors (Lipinski definition) is 1. The standard InChI is InChI=1S/C26H31N3/c1-8-28-24(27)14-19-9-10-23(29-16-19)18(3)20-15-22-21(13-17(20)2)25(4,5)11-12-26(22,6)7/h8-13,15-16H,1,3,14H2,2,4-7H3,(H2,27,28). The number of aryl methyl sites for hydroxylation is 1. The molecule has 0 atom stereocenters. The molecule has 1 aromatic carbocycles. The van der Waals surface area contributed by atoms with Gasteiger partial charge in [-0.2, -0.15) is 0 Å². The van der Waals surface area contributed by atoms with E-state index >= 15 is 0 Å². The number of aromatic nitrogens is 1. The molecule has 0 aliphatic heterocycles. The number of pyridine rings is 1. The average Bonchev–Trinajstić information content (AvgIpc) is 2.65. The van der Waals surface area contributed by atoms with Gasteiger partial charge in [0.25, 0.3) is 0 Å². The fourth-order valence-electron chi connectivity index (χ4n) is 3.91. The van der Waals surface area contributed by atoms with Crippen molar-refractivity contribution in [2.45, 2.75) is 51.9 Å². The summed E-state index contributed by atoms with van der Waals surface area (Å²) in [6.07, 6.45) is 8.49. The summed E-state index contributed by atoms with van der Waals surface area (Å²) < 4.78 is 0. The summed E-state index contributed by atoms with van der Waals surface area (Å²) in [5.41, 5.74) is 13.8. The van der Waals surface area contributed by atoms with E-state index in [0.29, 0.717) is 12.3 Å². The fraction of sp³-hybridized carbons (Fsp3) is 0.308. The van der Waals surface area contributed by atoms with Crippen LogP contribution in [0, 0.1) is 6.92 Å². The molecule has 0 radical (unpaired) electrons. The van der Waals surface area contributed by atoms with Gasteiger partial charge in [0.1, 0.15) is 5.84 Å².